The molecule has 5 fully saturated rings. The zero-order chi connectivity index (χ0) is 31.9. The van der Waals surface area contributed by atoms with Crippen molar-refractivity contribution in [2.24, 2.45) is 34.5 Å². The number of ether oxygens (including phenoxy) is 4. The number of carbonyl (C=O) groups excluding carboxylic acids is 1. The van der Waals surface area contributed by atoms with Crippen LogP contribution in [0.5, 0.6) is 0 Å². The SMILES string of the molecule is CC(=O)C1=CCC2C3CC(OC4OC(C)C(O)C(OC5OC(C)C(O)C(O)C5O)C4O)C4CC(O)CCC4(C)C3CCC12C. The first-order chi connectivity index (χ1) is 20.7. The van der Waals surface area contributed by atoms with Gasteiger partial charge < -0.3 is 49.6 Å². The van der Waals surface area contributed by atoms with Gasteiger partial charge in [-0.15, -0.1) is 0 Å². The molecular formula is C33H52O11. The van der Waals surface area contributed by atoms with E-state index in [4.69, 9.17) is 18.9 Å². The Morgan fingerprint density at radius 1 is 0.795 bits per heavy atom. The first-order valence-corrected chi connectivity index (χ1v) is 16.6. The van der Waals surface area contributed by atoms with Gasteiger partial charge in [0.05, 0.1) is 24.4 Å². The zero-order valence-corrected chi connectivity index (χ0v) is 26.5. The predicted molar refractivity (Wildman–Crippen MR) is 156 cm³/mol. The molecule has 2 heterocycles. The van der Waals surface area contributed by atoms with E-state index in [2.05, 4.69) is 19.9 Å². The van der Waals surface area contributed by atoms with Gasteiger partial charge in [0.1, 0.15) is 36.6 Å². The highest BCUT2D eigenvalue weighted by atomic mass is 16.7. The Bertz CT molecular complexity index is 1120. The summed E-state index contributed by atoms with van der Waals surface area (Å²) in [7, 11) is 0. The van der Waals surface area contributed by atoms with Crippen LogP contribution in [0.1, 0.15) is 79.6 Å². The Labute approximate surface area is 259 Å². The minimum absolute atomic E-state index is 0.0248. The number of ketones is 1. The fourth-order valence-electron chi connectivity index (χ4n) is 10.2. The van der Waals surface area contributed by atoms with Crippen LogP contribution in [-0.4, -0.2) is 110 Å². The van der Waals surface area contributed by atoms with Crippen LogP contribution in [0.4, 0.5) is 0 Å². The average molecular weight is 625 g/mol. The molecule has 0 aromatic heterocycles. The summed E-state index contributed by atoms with van der Waals surface area (Å²) in [6.07, 6.45) is -5.58. The van der Waals surface area contributed by atoms with Gasteiger partial charge >= 0.3 is 0 Å². The molecule has 0 aromatic carbocycles. The third-order valence-electron chi connectivity index (χ3n) is 12.8. The topological polar surface area (TPSA) is 175 Å². The predicted octanol–water partition coefficient (Wildman–Crippen LogP) is 1.19. The van der Waals surface area contributed by atoms with Crippen molar-refractivity contribution in [1.82, 2.24) is 0 Å². The van der Waals surface area contributed by atoms with E-state index in [0.717, 1.165) is 37.7 Å². The number of hydrogen-bond acceptors (Lipinski definition) is 11. The summed E-state index contributed by atoms with van der Waals surface area (Å²) in [4.78, 5) is 12.6. The lowest BCUT2D eigenvalue weighted by molar-refractivity contribution is -0.363. The molecule has 44 heavy (non-hydrogen) atoms. The van der Waals surface area contributed by atoms with Crippen LogP contribution in [0.2, 0.25) is 0 Å². The summed E-state index contributed by atoms with van der Waals surface area (Å²) in [5.74, 6) is 1.19. The fourth-order valence-corrected chi connectivity index (χ4v) is 10.2. The Hall–Kier alpha value is -0.990. The van der Waals surface area contributed by atoms with Crippen molar-refractivity contribution in [3.63, 3.8) is 0 Å². The number of fused-ring (bicyclic) bond motifs is 5. The molecule has 2 saturated heterocycles. The first kappa shape index (κ1) is 32.9. The minimum Gasteiger partial charge on any atom is -0.393 e. The van der Waals surface area contributed by atoms with Gasteiger partial charge in [-0.1, -0.05) is 19.9 Å². The van der Waals surface area contributed by atoms with E-state index in [9.17, 15) is 35.4 Å². The Morgan fingerprint density at radius 3 is 2.14 bits per heavy atom. The minimum atomic E-state index is -1.60. The van der Waals surface area contributed by atoms with Gasteiger partial charge in [-0.05, 0) is 106 Å². The quantitative estimate of drug-likeness (QED) is 0.242. The van der Waals surface area contributed by atoms with E-state index >= 15 is 0 Å². The first-order valence-electron chi connectivity index (χ1n) is 16.6. The van der Waals surface area contributed by atoms with Crippen LogP contribution < -0.4 is 0 Å². The summed E-state index contributed by atoms with van der Waals surface area (Å²) in [5, 5.41) is 64.1. The van der Waals surface area contributed by atoms with Crippen LogP contribution in [0.15, 0.2) is 11.6 Å². The lowest BCUT2D eigenvalue weighted by Gasteiger charge is -2.62. The lowest BCUT2D eigenvalue weighted by atomic mass is 9.44. The highest BCUT2D eigenvalue weighted by Crippen LogP contribution is 2.66. The molecule has 0 radical (unpaired) electrons. The van der Waals surface area contributed by atoms with Crippen molar-refractivity contribution in [2.45, 2.75) is 153 Å². The molecule has 0 aromatic rings. The molecule has 3 saturated carbocycles. The number of aliphatic hydroxyl groups excluding tert-OH is 6. The van der Waals surface area contributed by atoms with E-state index < -0.39 is 67.5 Å². The molecule has 0 amide bonds. The second-order valence-corrected chi connectivity index (χ2v) is 15.2. The maximum Gasteiger partial charge on any atom is 0.187 e. The van der Waals surface area contributed by atoms with Gasteiger partial charge in [0.2, 0.25) is 0 Å². The third kappa shape index (κ3) is 5.23. The Morgan fingerprint density at radius 2 is 1.45 bits per heavy atom. The molecule has 11 nitrogen and oxygen atoms in total. The normalized spacial score (nSPS) is 55.8. The molecular weight excluding hydrogens is 572 g/mol. The summed E-state index contributed by atoms with van der Waals surface area (Å²) >= 11 is 0. The monoisotopic (exact) mass is 624 g/mol. The third-order valence-corrected chi connectivity index (χ3v) is 12.8. The summed E-state index contributed by atoms with van der Waals surface area (Å²) < 4.78 is 24.2. The second-order valence-electron chi connectivity index (χ2n) is 15.2. The van der Waals surface area contributed by atoms with Gasteiger partial charge in [-0.3, -0.25) is 4.79 Å². The van der Waals surface area contributed by atoms with Crippen molar-refractivity contribution in [3.8, 4) is 0 Å². The Kier molecular flexibility index (Phi) is 8.92. The van der Waals surface area contributed by atoms with Gasteiger partial charge in [0.15, 0.2) is 18.4 Å². The van der Waals surface area contributed by atoms with E-state index in [1.807, 2.05) is 0 Å². The van der Waals surface area contributed by atoms with Gasteiger partial charge in [0, 0.05) is 0 Å². The van der Waals surface area contributed by atoms with Crippen LogP contribution in [0.25, 0.3) is 0 Å². The van der Waals surface area contributed by atoms with E-state index in [1.165, 1.54) is 6.92 Å². The molecule has 18 atom stereocenters. The fraction of sp³-hybridized carbons (Fsp3) is 0.909. The number of rotatable bonds is 5. The zero-order valence-electron chi connectivity index (χ0n) is 26.5. The number of hydrogen-bond donors (Lipinski definition) is 6. The van der Waals surface area contributed by atoms with Gasteiger partial charge in [0.25, 0.3) is 0 Å². The van der Waals surface area contributed by atoms with Crippen molar-refractivity contribution in [2.75, 3.05) is 0 Å². The van der Waals surface area contributed by atoms with Crippen LogP contribution in [0.3, 0.4) is 0 Å². The average Bonchev–Trinajstić information content (AvgIpc) is 3.34. The summed E-state index contributed by atoms with van der Waals surface area (Å²) in [6, 6.07) is 0. The maximum atomic E-state index is 12.6. The van der Waals surface area contributed by atoms with E-state index in [0.29, 0.717) is 30.6 Å². The number of Topliss-reactive ketones (excluding diaryl/α,β-unsaturated/α-hetero) is 1. The Balaban J connectivity index is 1.25. The highest BCUT2D eigenvalue weighted by molar-refractivity contribution is 5.95. The smallest absolute Gasteiger partial charge is 0.187 e. The van der Waals surface area contributed by atoms with Crippen LogP contribution in [0, 0.1) is 34.5 Å². The molecule has 250 valence electrons. The standard InChI is InChI=1S/C33H52O11/c1-14(34)19-6-7-20-18-13-23(22-12-17(35)8-10-33(22,5)21(18)9-11-32(19,20)4)43-31-28(40)29(25(37)16(3)42-31)44-30-27(39)26(38)24(36)15(2)41-30/h6,15-18,20-31,35-40H,7-13H2,1-5H3. The molecule has 18 unspecified atom stereocenters. The highest BCUT2D eigenvalue weighted by Gasteiger charge is 2.62. The number of allylic oxidation sites excluding steroid dienone is 2. The summed E-state index contributed by atoms with van der Waals surface area (Å²) in [5.41, 5.74) is 0.669. The second kappa shape index (κ2) is 11.9. The largest absolute Gasteiger partial charge is 0.393 e. The molecule has 0 spiro atoms. The van der Waals surface area contributed by atoms with Crippen LogP contribution >= 0.6 is 0 Å². The molecule has 4 aliphatic carbocycles. The lowest BCUT2D eigenvalue weighted by Crippen LogP contribution is -2.64. The molecule has 2 aliphatic heterocycles. The number of aliphatic hydroxyl groups is 6. The van der Waals surface area contributed by atoms with E-state index in [-0.39, 0.29) is 28.6 Å². The van der Waals surface area contributed by atoms with Gasteiger partial charge in [-0.2, -0.15) is 0 Å². The summed E-state index contributed by atoms with van der Waals surface area (Å²) in [6.45, 7) is 9.40. The molecule has 0 bridgehead atoms. The molecule has 6 rings (SSSR count). The van der Waals surface area contributed by atoms with Crippen molar-refractivity contribution in [1.29, 1.82) is 0 Å². The molecule has 11 heteroatoms. The van der Waals surface area contributed by atoms with Crippen molar-refractivity contribution < 1.29 is 54.4 Å². The van der Waals surface area contributed by atoms with Crippen LogP contribution in [-0.2, 0) is 23.7 Å². The van der Waals surface area contributed by atoms with E-state index in [1.54, 1.807) is 13.8 Å². The van der Waals surface area contributed by atoms with Crippen molar-refractivity contribution in [3.05, 3.63) is 11.6 Å². The maximum absolute atomic E-state index is 12.6. The molecule has 6 N–H and O–H groups in total. The number of carbonyl (C=O) groups is 1. The molecule has 6 aliphatic rings. The van der Waals surface area contributed by atoms with Crippen molar-refractivity contribution >= 4 is 5.78 Å². The van der Waals surface area contributed by atoms with Gasteiger partial charge in [-0.25, -0.2) is 0 Å².